The van der Waals surface area contributed by atoms with E-state index in [1.165, 1.54) is 0 Å². The highest BCUT2D eigenvalue weighted by atomic mass is 31.1. The van der Waals surface area contributed by atoms with Crippen LogP contribution in [0.3, 0.4) is 0 Å². The third kappa shape index (κ3) is 1.93. The van der Waals surface area contributed by atoms with E-state index >= 15 is 0 Å². The van der Waals surface area contributed by atoms with Crippen molar-refractivity contribution in [3.63, 3.8) is 0 Å². The van der Waals surface area contributed by atoms with Gasteiger partial charge >= 0.3 is 11.8 Å². The summed E-state index contributed by atoms with van der Waals surface area (Å²) >= 11 is 0. The highest BCUT2D eigenvalue weighted by Gasteiger charge is 2.74. The molecule has 0 nitrogen and oxygen atoms in total. The molecule has 6 heteroatoms. The van der Waals surface area contributed by atoms with Crippen LogP contribution in [0.5, 0.6) is 0 Å². The van der Waals surface area contributed by atoms with Gasteiger partial charge in [0.05, 0.1) is 0 Å². The van der Waals surface area contributed by atoms with E-state index in [1.54, 1.807) is 0 Å². The van der Waals surface area contributed by atoms with E-state index in [-0.39, 0.29) is 21.9 Å². The molecule has 0 amide bonds. The lowest BCUT2D eigenvalue weighted by atomic mass is 10.00. The summed E-state index contributed by atoms with van der Waals surface area (Å²) in [4.78, 5) is 0. The maximum atomic E-state index is 14.1. The smallest absolute Gasteiger partial charge is 0.194 e. The monoisotopic (exact) mass is 326 g/mol. The summed E-state index contributed by atoms with van der Waals surface area (Å²) in [5, 5.41) is -0.162. The van der Waals surface area contributed by atoms with Gasteiger partial charge in [0.25, 0.3) is 0 Å². The van der Waals surface area contributed by atoms with Gasteiger partial charge in [-0.15, -0.1) is 0 Å². The van der Waals surface area contributed by atoms with Crippen LogP contribution >= 0.6 is 15.8 Å². The van der Waals surface area contributed by atoms with Gasteiger partial charge in [-0.3, -0.25) is 0 Å². The molecule has 4 atom stereocenters. The summed E-state index contributed by atoms with van der Waals surface area (Å²) in [5.74, 6) is -7.73. The van der Waals surface area contributed by atoms with E-state index in [1.807, 2.05) is 13.8 Å². The Hall–Kier alpha value is 0.320. The summed E-state index contributed by atoms with van der Waals surface area (Å²) in [7, 11) is -2.07. The molecule has 2 unspecified atom stereocenters. The van der Waals surface area contributed by atoms with Crippen LogP contribution in [0.25, 0.3) is 0 Å². The number of allylic oxidation sites excluding steroid dienone is 2. The van der Waals surface area contributed by atoms with Crippen molar-refractivity contribution in [2.45, 2.75) is 62.7 Å². The maximum Gasteiger partial charge on any atom is 0.340 e. The third-order valence-corrected chi connectivity index (χ3v) is 11.5. The second kappa shape index (κ2) is 4.92. The molecule has 2 aliphatic heterocycles. The molecule has 0 aromatic heterocycles. The number of halogens is 4. The molecule has 2 fully saturated rings. The summed E-state index contributed by atoms with van der Waals surface area (Å²) in [5.41, 5.74) is 0.370. The molecule has 3 rings (SSSR count). The van der Waals surface area contributed by atoms with Crippen LogP contribution in [-0.4, -0.2) is 35.5 Å². The van der Waals surface area contributed by atoms with E-state index in [9.17, 15) is 17.6 Å². The van der Waals surface area contributed by atoms with Crippen molar-refractivity contribution in [3.05, 3.63) is 10.6 Å². The van der Waals surface area contributed by atoms with Gasteiger partial charge in [0, 0.05) is 10.6 Å². The van der Waals surface area contributed by atoms with E-state index in [0.29, 0.717) is 0 Å². The maximum absolute atomic E-state index is 14.1. The van der Waals surface area contributed by atoms with Gasteiger partial charge in [-0.05, 0) is 49.3 Å². The van der Waals surface area contributed by atoms with Gasteiger partial charge < -0.3 is 0 Å². The molecule has 2 heterocycles. The largest absolute Gasteiger partial charge is 0.340 e. The molecule has 20 heavy (non-hydrogen) atoms. The van der Waals surface area contributed by atoms with Crippen molar-refractivity contribution in [1.29, 1.82) is 0 Å². The zero-order valence-electron chi connectivity index (χ0n) is 11.8. The van der Waals surface area contributed by atoms with Gasteiger partial charge in [0.1, 0.15) is 0 Å². The number of alkyl halides is 4. The lowest BCUT2D eigenvalue weighted by Gasteiger charge is -2.47. The van der Waals surface area contributed by atoms with Gasteiger partial charge in [-0.2, -0.15) is 17.6 Å². The fraction of sp³-hybridized carbons (Fsp3) is 0.857. The Balaban J connectivity index is 2.04. The normalized spacial score (nSPS) is 42.9. The lowest BCUT2D eigenvalue weighted by molar-refractivity contribution is -0.177. The van der Waals surface area contributed by atoms with Gasteiger partial charge in [-0.1, -0.05) is 29.7 Å². The molecule has 0 aromatic rings. The first kappa shape index (κ1) is 15.2. The Morgan fingerprint density at radius 2 is 1.15 bits per heavy atom. The number of hydrogen-bond donors (Lipinski definition) is 0. The minimum Gasteiger partial charge on any atom is -0.194 e. The Morgan fingerprint density at radius 3 is 1.40 bits per heavy atom. The van der Waals surface area contributed by atoms with Crippen molar-refractivity contribution >= 4 is 15.8 Å². The van der Waals surface area contributed by atoms with Gasteiger partial charge in [-0.25, -0.2) is 0 Å². The topological polar surface area (TPSA) is 0 Å². The van der Waals surface area contributed by atoms with Crippen LogP contribution in [0, 0.1) is 0 Å². The van der Waals surface area contributed by atoms with E-state index in [0.717, 1.165) is 38.0 Å². The predicted molar refractivity (Wildman–Crippen MR) is 77.9 cm³/mol. The minimum absolute atomic E-state index is 0.0811. The summed E-state index contributed by atoms with van der Waals surface area (Å²) in [6, 6.07) is 0. The van der Waals surface area contributed by atoms with Crippen molar-refractivity contribution in [1.82, 2.24) is 0 Å². The Morgan fingerprint density at radius 1 is 0.800 bits per heavy atom. The van der Waals surface area contributed by atoms with Crippen LogP contribution < -0.4 is 0 Å². The molecule has 0 spiro atoms. The van der Waals surface area contributed by atoms with Gasteiger partial charge in [0.15, 0.2) is 0 Å². The second-order valence-electron chi connectivity index (χ2n) is 6.22. The van der Waals surface area contributed by atoms with Crippen LogP contribution in [0.15, 0.2) is 10.6 Å². The molecule has 0 aromatic carbocycles. The molecular weight excluding hydrogens is 306 g/mol. The first-order chi connectivity index (χ1) is 9.28. The molecule has 0 N–H and O–H groups in total. The Kier molecular flexibility index (Phi) is 3.74. The number of rotatable bonds is 2. The first-order valence-corrected chi connectivity index (χ1v) is 10.5. The summed E-state index contributed by atoms with van der Waals surface area (Å²) in [6.07, 6.45) is 5.10. The second-order valence-corrected chi connectivity index (χ2v) is 11.6. The average Bonchev–Trinajstić information content (AvgIpc) is 2.94. The van der Waals surface area contributed by atoms with E-state index in [2.05, 4.69) is 0 Å². The van der Waals surface area contributed by atoms with Crippen LogP contribution in [0.4, 0.5) is 17.6 Å². The summed E-state index contributed by atoms with van der Waals surface area (Å²) in [6.45, 7) is 3.92. The van der Waals surface area contributed by atoms with Crippen LogP contribution in [-0.2, 0) is 0 Å². The SMILES string of the molecule is C[C@@H]1CCCP1C1=C(P2CCC[C@H]2C)C(F)(F)C1(F)F. The molecule has 3 aliphatic rings. The van der Waals surface area contributed by atoms with E-state index in [4.69, 9.17) is 0 Å². The minimum atomic E-state index is -3.86. The van der Waals surface area contributed by atoms with Gasteiger partial charge in [0.2, 0.25) is 0 Å². The number of hydrogen-bond acceptors (Lipinski definition) is 0. The van der Waals surface area contributed by atoms with Crippen molar-refractivity contribution in [2.75, 3.05) is 12.3 Å². The lowest BCUT2D eigenvalue weighted by Crippen LogP contribution is -2.53. The molecule has 1 aliphatic carbocycles. The first-order valence-electron chi connectivity index (χ1n) is 7.32. The van der Waals surface area contributed by atoms with Crippen LogP contribution in [0.1, 0.15) is 39.5 Å². The standard InChI is InChI=1S/C14H20F4P2/c1-9-5-3-7-19(9)11-12(14(17,18)13(11,15)16)20-8-4-6-10(20)2/h9-10H,3-8H2,1-2H3/t9-,10-,19?,20?/m1/s1. The molecule has 0 saturated carbocycles. The zero-order chi connectivity index (χ0) is 14.7. The highest BCUT2D eigenvalue weighted by molar-refractivity contribution is 7.67. The van der Waals surface area contributed by atoms with Crippen molar-refractivity contribution in [2.24, 2.45) is 0 Å². The quantitative estimate of drug-likeness (QED) is 0.444. The molecule has 2 saturated heterocycles. The predicted octanol–water partition coefficient (Wildman–Crippen LogP) is 5.81. The molecule has 0 radical (unpaired) electrons. The fourth-order valence-electron chi connectivity index (χ4n) is 3.70. The third-order valence-electron chi connectivity index (χ3n) is 4.89. The molecular formula is C14H20F4P2. The Bertz CT molecular complexity index is 406. The van der Waals surface area contributed by atoms with Crippen LogP contribution in [0.2, 0.25) is 0 Å². The fourth-order valence-corrected chi connectivity index (χ4v) is 10.5. The Labute approximate surface area is 119 Å². The molecule has 0 bridgehead atoms. The van der Waals surface area contributed by atoms with E-state index < -0.39 is 27.7 Å². The van der Waals surface area contributed by atoms with Crippen molar-refractivity contribution in [3.8, 4) is 0 Å². The average molecular weight is 326 g/mol. The van der Waals surface area contributed by atoms with Crippen molar-refractivity contribution < 1.29 is 17.6 Å². The summed E-state index contributed by atoms with van der Waals surface area (Å²) < 4.78 is 56.2. The highest BCUT2D eigenvalue weighted by Crippen LogP contribution is 2.78. The zero-order valence-corrected chi connectivity index (χ0v) is 13.6. The molecule has 114 valence electrons.